The molecule has 3 N–H and O–H groups in total. The Morgan fingerprint density at radius 1 is 0.900 bits per heavy atom. The van der Waals surface area contributed by atoms with Gasteiger partial charge in [0.05, 0.1) is 22.0 Å². The molecule has 0 aliphatic carbocycles. The lowest BCUT2D eigenvalue weighted by molar-refractivity contribution is 0.598. The lowest BCUT2D eigenvalue weighted by atomic mass is 10.1. The first-order valence-electron chi connectivity index (χ1n) is 9.12. The van der Waals surface area contributed by atoms with E-state index in [2.05, 4.69) is 5.32 Å². The molecule has 4 aromatic rings. The molecule has 30 heavy (non-hydrogen) atoms. The second-order valence-corrected chi connectivity index (χ2v) is 8.70. The number of rotatable bonds is 5. The highest BCUT2D eigenvalue weighted by atomic mass is 35.5. The van der Waals surface area contributed by atoms with Gasteiger partial charge in [0.2, 0.25) is 10.0 Å². The van der Waals surface area contributed by atoms with E-state index in [-0.39, 0.29) is 4.90 Å². The van der Waals surface area contributed by atoms with Crippen LogP contribution in [-0.2, 0) is 10.0 Å². The van der Waals surface area contributed by atoms with E-state index in [0.717, 1.165) is 33.9 Å². The highest BCUT2D eigenvalue weighted by Crippen LogP contribution is 2.30. The molecule has 6 nitrogen and oxygen atoms in total. The maximum absolute atomic E-state index is 11.6. The van der Waals surface area contributed by atoms with Gasteiger partial charge < -0.3 is 5.32 Å². The fraction of sp³-hybridized carbons (Fsp3) is 0.0455. The summed E-state index contributed by atoms with van der Waals surface area (Å²) in [5.74, 6) is 0. The molecule has 0 bridgehead atoms. The van der Waals surface area contributed by atoms with Crippen molar-refractivity contribution >= 4 is 27.3 Å². The van der Waals surface area contributed by atoms with Gasteiger partial charge >= 0.3 is 0 Å². The summed E-state index contributed by atoms with van der Waals surface area (Å²) in [5, 5.41) is 13.7. The predicted octanol–water partition coefficient (Wildman–Crippen LogP) is 4.55. The number of hydrogen-bond acceptors (Lipinski definition) is 4. The van der Waals surface area contributed by atoms with Crippen LogP contribution in [0, 0.1) is 0 Å². The normalized spacial score (nSPS) is 11.4. The minimum Gasteiger partial charge on any atom is -0.388 e. The molecule has 0 saturated carbocycles. The zero-order valence-electron chi connectivity index (χ0n) is 16.1. The van der Waals surface area contributed by atoms with Gasteiger partial charge in [-0.25, -0.2) is 18.2 Å². The van der Waals surface area contributed by atoms with E-state index in [1.54, 1.807) is 16.8 Å². The van der Waals surface area contributed by atoms with Gasteiger partial charge in [-0.1, -0.05) is 35.9 Å². The van der Waals surface area contributed by atoms with Crippen molar-refractivity contribution in [1.29, 1.82) is 0 Å². The van der Waals surface area contributed by atoms with Gasteiger partial charge in [0.25, 0.3) is 0 Å². The first-order chi connectivity index (χ1) is 14.3. The van der Waals surface area contributed by atoms with Crippen molar-refractivity contribution in [2.24, 2.45) is 5.14 Å². The lowest BCUT2D eigenvalue weighted by Gasteiger charge is -2.09. The van der Waals surface area contributed by atoms with Gasteiger partial charge in [0, 0.05) is 28.9 Å². The Bertz CT molecular complexity index is 1280. The van der Waals surface area contributed by atoms with Crippen LogP contribution in [0.4, 0.5) is 5.69 Å². The molecule has 0 amide bonds. The molecule has 0 atom stereocenters. The van der Waals surface area contributed by atoms with Crippen LogP contribution < -0.4 is 10.5 Å². The first kappa shape index (κ1) is 20.2. The van der Waals surface area contributed by atoms with Crippen molar-refractivity contribution in [3.8, 4) is 28.2 Å². The summed E-state index contributed by atoms with van der Waals surface area (Å²) >= 11 is 6.02. The van der Waals surface area contributed by atoms with Gasteiger partial charge in [0.15, 0.2) is 0 Å². The largest absolute Gasteiger partial charge is 0.388 e. The van der Waals surface area contributed by atoms with E-state index in [1.807, 2.05) is 61.6 Å². The Labute approximate surface area is 180 Å². The molecule has 1 aromatic heterocycles. The second kappa shape index (κ2) is 7.95. The van der Waals surface area contributed by atoms with E-state index in [1.165, 1.54) is 12.1 Å². The lowest BCUT2D eigenvalue weighted by Crippen LogP contribution is -2.12. The van der Waals surface area contributed by atoms with Crippen LogP contribution in [0.5, 0.6) is 0 Å². The summed E-state index contributed by atoms with van der Waals surface area (Å²) in [5.41, 5.74) is 5.25. The molecule has 3 aromatic carbocycles. The molecule has 0 fully saturated rings. The molecule has 8 heteroatoms. The molecule has 0 unspecified atom stereocenters. The van der Waals surface area contributed by atoms with Crippen molar-refractivity contribution in [3.63, 3.8) is 0 Å². The summed E-state index contributed by atoms with van der Waals surface area (Å²) in [6.45, 7) is 0. The van der Waals surface area contributed by atoms with Crippen LogP contribution in [0.1, 0.15) is 0 Å². The molecular formula is C22H19ClN4O2S. The molecule has 0 aliphatic rings. The number of benzene rings is 3. The first-order valence-corrected chi connectivity index (χ1v) is 11.0. The van der Waals surface area contributed by atoms with E-state index >= 15 is 0 Å². The van der Waals surface area contributed by atoms with Gasteiger partial charge in [-0.2, -0.15) is 5.10 Å². The molecule has 152 valence electrons. The zero-order chi connectivity index (χ0) is 21.3. The number of sulfonamides is 1. The Balaban J connectivity index is 1.85. The Hall–Kier alpha value is -3.13. The number of aromatic nitrogens is 2. The number of primary sulfonamides is 1. The summed E-state index contributed by atoms with van der Waals surface area (Å²) in [6, 6.07) is 23.7. The molecular weight excluding hydrogens is 420 g/mol. The van der Waals surface area contributed by atoms with Crippen LogP contribution >= 0.6 is 11.6 Å². The van der Waals surface area contributed by atoms with Crippen molar-refractivity contribution in [2.45, 2.75) is 4.90 Å². The molecule has 0 radical (unpaired) electrons. The third kappa shape index (κ3) is 4.09. The Morgan fingerprint density at radius 2 is 1.50 bits per heavy atom. The van der Waals surface area contributed by atoms with Crippen molar-refractivity contribution in [1.82, 2.24) is 9.78 Å². The molecule has 4 rings (SSSR count). The summed E-state index contributed by atoms with van der Waals surface area (Å²) in [7, 11) is -1.90. The Kier molecular flexibility index (Phi) is 5.34. The quantitative estimate of drug-likeness (QED) is 0.478. The Morgan fingerprint density at radius 3 is 2.07 bits per heavy atom. The number of halogens is 1. The number of hydrogen-bond donors (Lipinski definition) is 2. The van der Waals surface area contributed by atoms with Gasteiger partial charge in [0.1, 0.15) is 0 Å². The zero-order valence-corrected chi connectivity index (χ0v) is 17.7. The average molecular weight is 439 g/mol. The fourth-order valence-electron chi connectivity index (χ4n) is 3.13. The minimum atomic E-state index is -3.76. The van der Waals surface area contributed by atoms with Gasteiger partial charge in [-0.15, -0.1) is 0 Å². The van der Waals surface area contributed by atoms with Crippen LogP contribution in [-0.4, -0.2) is 25.2 Å². The monoisotopic (exact) mass is 438 g/mol. The topological polar surface area (TPSA) is 90.0 Å². The number of anilines is 1. The predicted molar refractivity (Wildman–Crippen MR) is 120 cm³/mol. The van der Waals surface area contributed by atoms with E-state index < -0.39 is 10.0 Å². The maximum atomic E-state index is 11.6. The van der Waals surface area contributed by atoms with Crippen LogP contribution in [0.25, 0.3) is 28.2 Å². The standard InChI is InChI=1S/C22H19ClN4O2S/c1-25-18-8-4-16(5-9-18)22-14-21(15-2-6-17(23)7-3-15)26-27(22)19-10-12-20(13-11-19)30(24,28)29/h2-14,25H,1H3,(H2,24,28,29). The third-order valence-corrected chi connectivity index (χ3v) is 5.91. The van der Waals surface area contributed by atoms with Crippen molar-refractivity contribution in [2.75, 3.05) is 12.4 Å². The molecule has 0 spiro atoms. The summed E-state index contributed by atoms with van der Waals surface area (Å²) in [4.78, 5) is 0.0521. The highest BCUT2D eigenvalue weighted by Gasteiger charge is 2.15. The van der Waals surface area contributed by atoms with Crippen molar-refractivity contribution < 1.29 is 8.42 Å². The number of nitrogens with zero attached hydrogens (tertiary/aromatic N) is 2. The second-order valence-electron chi connectivity index (χ2n) is 6.70. The van der Waals surface area contributed by atoms with E-state index in [0.29, 0.717) is 5.02 Å². The highest BCUT2D eigenvalue weighted by molar-refractivity contribution is 7.89. The average Bonchev–Trinajstić information content (AvgIpc) is 3.19. The SMILES string of the molecule is CNc1ccc(-c2cc(-c3ccc(Cl)cc3)nn2-c2ccc(S(N)(=O)=O)cc2)cc1. The maximum Gasteiger partial charge on any atom is 0.238 e. The fourth-order valence-corrected chi connectivity index (χ4v) is 3.77. The summed E-state index contributed by atoms with van der Waals surface area (Å²) < 4.78 is 25.0. The number of nitrogens with one attached hydrogen (secondary N) is 1. The van der Waals surface area contributed by atoms with E-state index in [9.17, 15) is 8.42 Å². The molecule has 1 heterocycles. The minimum absolute atomic E-state index is 0.0521. The molecule has 0 aliphatic heterocycles. The van der Waals surface area contributed by atoms with Crippen LogP contribution in [0.15, 0.2) is 83.8 Å². The van der Waals surface area contributed by atoms with Crippen molar-refractivity contribution in [3.05, 3.63) is 83.9 Å². The summed E-state index contributed by atoms with van der Waals surface area (Å²) in [6.07, 6.45) is 0. The molecule has 0 saturated heterocycles. The van der Waals surface area contributed by atoms with Gasteiger partial charge in [-0.3, -0.25) is 0 Å². The van der Waals surface area contributed by atoms with Crippen LogP contribution in [0.3, 0.4) is 0 Å². The smallest absolute Gasteiger partial charge is 0.238 e. The number of nitrogens with two attached hydrogens (primary N) is 1. The van der Waals surface area contributed by atoms with E-state index in [4.69, 9.17) is 21.8 Å². The van der Waals surface area contributed by atoms with Crippen LogP contribution in [0.2, 0.25) is 5.02 Å². The van der Waals surface area contributed by atoms with Gasteiger partial charge in [-0.05, 0) is 54.6 Å². The third-order valence-electron chi connectivity index (χ3n) is 4.73.